The maximum absolute atomic E-state index is 12.7. The number of nitriles is 1. The van der Waals surface area contributed by atoms with Gasteiger partial charge in [0.15, 0.2) is 5.65 Å². The van der Waals surface area contributed by atoms with Gasteiger partial charge < -0.3 is 5.32 Å². The van der Waals surface area contributed by atoms with Gasteiger partial charge in [0, 0.05) is 24.0 Å². The van der Waals surface area contributed by atoms with Gasteiger partial charge in [-0.3, -0.25) is 4.98 Å². The van der Waals surface area contributed by atoms with Crippen molar-refractivity contribution in [3.05, 3.63) is 71.7 Å². The van der Waals surface area contributed by atoms with Crippen molar-refractivity contribution in [2.75, 3.05) is 5.32 Å². The third-order valence-electron chi connectivity index (χ3n) is 4.41. The van der Waals surface area contributed by atoms with Crippen molar-refractivity contribution < 1.29 is 13.2 Å². The molecular weight excluding hydrogens is 393 g/mol. The number of alkyl halides is 3. The minimum absolute atomic E-state index is 0.268. The van der Waals surface area contributed by atoms with Crippen molar-refractivity contribution >= 4 is 22.5 Å². The number of anilines is 2. The number of hydrogen-bond acceptors (Lipinski definition) is 6. The molecule has 0 atom stereocenters. The lowest BCUT2D eigenvalue weighted by Gasteiger charge is -2.11. The van der Waals surface area contributed by atoms with Crippen LogP contribution in [0.1, 0.15) is 16.7 Å². The van der Waals surface area contributed by atoms with Crippen molar-refractivity contribution in [2.45, 2.75) is 13.1 Å². The molecule has 0 spiro atoms. The zero-order valence-corrected chi connectivity index (χ0v) is 15.6. The SMILES string of the molecule is Cc1cc(C#N)cnc1-c1ccc2c(Nc3ccc(C(F)(F)F)cn3)ccnc2n1. The number of pyridine rings is 4. The zero-order chi connectivity index (χ0) is 21.3. The molecule has 148 valence electrons. The molecule has 4 rings (SSSR count). The van der Waals surface area contributed by atoms with E-state index < -0.39 is 11.7 Å². The van der Waals surface area contributed by atoms with Gasteiger partial charge in [0.1, 0.15) is 11.9 Å². The van der Waals surface area contributed by atoms with Crippen LogP contribution in [-0.2, 0) is 6.18 Å². The summed E-state index contributed by atoms with van der Waals surface area (Å²) in [5.74, 6) is 0.268. The number of hydrogen-bond donors (Lipinski definition) is 1. The van der Waals surface area contributed by atoms with Gasteiger partial charge in [-0.1, -0.05) is 0 Å². The Morgan fingerprint density at radius 1 is 1.00 bits per heavy atom. The first kappa shape index (κ1) is 19.3. The van der Waals surface area contributed by atoms with E-state index in [4.69, 9.17) is 5.26 Å². The fourth-order valence-corrected chi connectivity index (χ4v) is 2.95. The molecule has 1 N–H and O–H groups in total. The Hall–Kier alpha value is -4.06. The van der Waals surface area contributed by atoms with E-state index in [-0.39, 0.29) is 5.82 Å². The fraction of sp³-hybridized carbons (Fsp3) is 0.0952. The summed E-state index contributed by atoms with van der Waals surface area (Å²) in [5.41, 5.74) is 2.74. The highest BCUT2D eigenvalue weighted by atomic mass is 19.4. The van der Waals surface area contributed by atoms with E-state index in [0.29, 0.717) is 33.7 Å². The predicted octanol–water partition coefficient (Wildman–Crippen LogP) is 5.03. The molecular formula is C21H13F3N6. The highest BCUT2D eigenvalue weighted by Crippen LogP contribution is 2.30. The fourth-order valence-electron chi connectivity index (χ4n) is 2.95. The second-order valence-electron chi connectivity index (χ2n) is 6.48. The van der Waals surface area contributed by atoms with Gasteiger partial charge in [-0.2, -0.15) is 18.4 Å². The summed E-state index contributed by atoms with van der Waals surface area (Å²) in [6.45, 7) is 1.84. The third kappa shape index (κ3) is 3.75. The molecule has 0 radical (unpaired) electrons. The highest BCUT2D eigenvalue weighted by Gasteiger charge is 2.30. The smallest absolute Gasteiger partial charge is 0.340 e. The zero-order valence-electron chi connectivity index (χ0n) is 15.6. The molecule has 0 amide bonds. The molecule has 0 aliphatic heterocycles. The second-order valence-corrected chi connectivity index (χ2v) is 6.48. The molecule has 0 fully saturated rings. The molecule has 0 unspecified atom stereocenters. The molecule has 4 aromatic rings. The normalized spacial score (nSPS) is 11.3. The molecule has 4 aromatic heterocycles. The van der Waals surface area contributed by atoms with Gasteiger partial charge in [-0.15, -0.1) is 0 Å². The van der Waals surface area contributed by atoms with Gasteiger partial charge in [0.2, 0.25) is 0 Å². The molecule has 30 heavy (non-hydrogen) atoms. The average molecular weight is 406 g/mol. The van der Waals surface area contributed by atoms with Gasteiger partial charge in [0.25, 0.3) is 0 Å². The van der Waals surface area contributed by atoms with Gasteiger partial charge in [-0.25, -0.2) is 15.0 Å². The Morgan fingerprint density at radius 2 is 1.83 bits per heavy atom. The van der Waals surface area contributed by atoms with Crippen LogP contribution in [0.25, 0.3) is 22.4 Å². The van der Waals surface area contributed by atoms with E-state index in [1.165, 1.54) is 12.3 Å². The maximum Gasteiger partial charge on any atom is 0.417 e. The van der Waals surface area contributed by atoms with Crippen LogP contribution in [0.2, 0.25) is 0 Å². The van der Waals surface area contributed by atoms with E-state index >= 15 is 0 Å². The lowest BCUT2D eigenvalue weighted by atomic mass is 10.1. The average Bonchev–Trinajstić information content (AvgIpc) is 2.73. The minimum Gasteiger partial charge on any atom is -0.340 e. The summed E-state index contributed by atoms with van der Waals surface area (Å²) in [7, 11) is 0. The highest BCUT2D eigenvalue weighted by molar-refractivity contribution is 5.91. The summed E-state index contributed by atoms with van der Waals surface area (Å²) < 4.78 is 38.1. The lowest BCUT2D eigenvalue weighted by Crippen LogP contribution is -2.06. The molecule has 0 aromatic carbocycles. The van der Waals surface area contributed by atoms with Gasteiger partial charge >= 0.3 is 6.18 Å². The Kier molecular flexibility index (Phi) is 4.75. The Balaban J connectivity index is 1.67. The topological polar surface area (TPSA) is 87.4 Å². The molecule has 0 aliphatic carbocycles. The van der Waals surface area contributed by atoms with Gasteiger partial charge in [-0.05, 0) is 48.9 Å². The summed E-state index contributed by atoms with van der Waals surface area (Å²) in [5, 5.41) is 12.7. The molecule has 4 heterocycles. The van der Waals surface area contributed by atoms with E-state index in [1.807, 2.05) is 13.0 Å². The van der Waals surface area contributed by atoms with Crippen molar-refractivity contribution in [3.63, 3.8) is 0 Å². The third-order valence-corrected chi connectivity index (χ3v) is 4.41. The van der Waals surface area contributed by atoms with Crippen LogP contribution in [0.15, 0.2) is 55.0 Å². The molecule has 0 saturated carbocycles. The Bertz CT molecular complexity index is 1280. The first-order valence-corrected chi connectivity index (χ1v) is 8.78. The van der Waals surface area contributed by atoms with Crippen molar-refractivity contribution in [2.24, 2.45) is 0 Å². The Labute approximate surface area is 169 Å². The second kappa shape index (κ2) is 7.40. The number of aromatic nitrogens is 4. The lowest BCUT2D eigenvalue weighted by molar-refractivity contribution is -0.137. The van der Waals surface area contributed by atoms with E-state index in [0.717, 1.165) is 17.8 Å². The van der Waals surface area contributed by atoms with E-state index in [9.17, 15) is 13.2 Å². The van der Waals surface area contributed by atoms with Crippen LogP contribution in [0, 0.1) is 18.3 Å². The molecule has 6 nitrogen and oxygen atoms in total. The first-order chi connectivity index (χ1) is 14.3. The number of nitrogens with zero attached hydrogens (tertiary/aromatic N) is 5. The minimum atomic E-state index is -4.44. The van der Waals surface area contributed by atoms with Crippen LogP contribution in [0.5, 0.6) is 0 Å². The first-order valence-electron chi connectivity index (χ1n) is 8.78. The molecule has 0 aliphatic rings. The summed E-state index contributed by atoms with van der Waals surface area (Å²) in [6.07, 6.45) is -0.630. The van der Waals surface area contributed by atoms with Gasteiger partial charge in [0.05, 0.1) is 28.2 Å². The summed E-state index contributed by atoms with van der Waals surface area (Å²) >= 11 is 0. The molecule has 0 bridgehead atoms. The quantitative estimate of drug-likeness (QED) is 0.514. The molecule has 9 heteroatoms. The predicted molar refractivity (Wildman–Crippen MR) is 105 cm³/mol. The van der Waals surface area contributed by atoms with Crippen molar-refractivity contribution in [1.29, 1.82) is 5.26 Å². The largest absolute Gasteiger partial charge is 0.417 e. The number of halogens is 3. The van der Waals surface area contributed by atoms with Crippen LogP contribution in [0.4, 0.5) is 24.7 Å². The number of aryl methyl sites for hydroxylation is 1. The molecule has 0 saturated heterocycles. The number of nitrogens with one attached hydrogen (secondary N) is 1. The number of rotatable bonds is 3. The Morgan fingerprint density at radius 3 is 2.50 bits per heavy atom. The van der Waals surface area contributed by atoms with E-state index in [1.54, 1.807) is 30.5 Å². The standard InChI is InChI=1S/C21H13F3N6/c1-12-8-13(9-25)10-28-19(12)17-4-3-15-16(6-7-26-20(15)30-17)29-18-5-2-14(11-27-18)21(22,23)24/h2-8,10-11H,1H3,(H,26,27,29,30). The van der Waals surface area contributed by atoms with Crippen LogP contribution < -0.4 is 5.32 Å². The summed E-state index contributed by atoms with van der Waals surface area (Å²) in [6, 6.07) is 11.3. The van der Waals surface area contributed by atoms with Crippen LogP contribution in [0.3, 0.4) is 0 Å². The van der Waals surface area contributed by atoms with E-state index in [2.05, 4.69) is 25.3 Å². The van der Waals surface area contributed by atoms with Crippen LogP contribution in [-0.4, -0.2) is 19.9 Å². The number of fused-ring (bicyclic) bond motifs is 1. The monoisotopic (exact) mass is 406 g/mol. The maximum atomic E-state index is 12.7. The van der Waals surface area contributed by atoms with Crippen molar-refractivity contribution in [3.8, 4) is 17.5 Å². The van der Waals surface area contributed by atoms with Crippen molar-refractivity contribution in [1.82, 2.24) is 19.9 Å². The van der Waals surface area contributed by atoms with Crippen LogP contribution >= 0.6 is 0 Å². The summed E-state index contributed by atoms with van der Waals surface area (Å²) in [4.78, 5) is 17.0.